The molecule has 0 aromatic heterocycles. The Kier molecular flexibility index (Phi) is 3.83. The van der Waals surface area contributed by atoms with Crippen LogP contribution in [-0.2, 0) is 0 Å². The number of allylic oxidation sites excluding steroid dienone is 1. The minimum absolute atomic E-state index is 0.322. The van der Waals surface area contributed by atoms with Crippen LogP contribution >= 0.6 is 0 Å². The van der Waals surface area contributed by atoms with Crippen LogP contribution in [0.25, 0.3) is 0 Å². The Bertz CT molecular complexity index is 146. The average molecular weight is 124 g/mol. The molecule has 0 heterocycles. The molecule has 9 heavy (non-hydrogen) atoms. The zero-order valence-corrected chi connectivity index (χ0v) is 5.94. The third-order valence-electron chi connectivity index (χ3n) is 0.699. The van der Waals surface area contributed by atoms with Crippen LogP contribution in [0.5, 0.6) is 0 Å². The highest BCUT2D eigenvalue weighted by Gasteiger charge is 1.86. The standard InChI is InChI=1S/C8H12O/c1-7(2)5-4-6-8(3)9/h8-9H,1,6H2,2-3H3/t8-/m0/s1. The van der Waals surface area contributed by atoms with Crippen molar-refractivity contribution in [3.05, 3.63) is 12.2 Å². The van der Waals surface area contributed by atoms with Crippen molar-refractivity contribution in [1.29, 1.82) is 0 Å². The molecule has 0 radical (unpaired) electrons. The van der Waals surface area contributed by atoms with Crippen LogP contribution in [0.2, 0.25) is 0 Å². The highest BCUT2D eigenvalue weighted by Crippen LogP contribution is 1.87. The van der Waals surface area contributed by atoms with Gasteiger partial charge in [0.15, 0.2) is 0 Å². The maximum absolute atomic E-state index is 8.73. The van der Waals surface area contributed by atoms with Crippen molar-refractivity contribution in [3.63, 3.8) is 0 Å². The first-order chi connectivity index (χ1) is 4.13. The molecule has 1 N–H and O–H groups in total. The first kappa shape index (κ1) is 8.26. The summed E-state index contributed by atoms with van der Waals surface area (Å²) in [6.07, 6.45) is 0.212. The van der Waals surface area contributed by atoms with Crippen molar-refractivity contribution >= 4 is 0 Å². The van der Waals surface area contributed by atoms with Crippen molar-refractivity contribution in [2.75, 3.05) is 0 Å². The molecule has 0 aliphatic carbocycles. The maximum atomic E-state index is 8.73. The van der Waals surface area contributed by atoms with Gasteiger partial charge in [0.2, 0.25) is 0 Å². The van der Waals surface area contributed by atoms with Crippen LogP contribution < -0.4 is 0 Å². The van der Waals surface area contributed by atoms with Crippen molar-refractivity contribution < 1.29 is 5.11 Å². The second-order valence-electron chi connectivity index (χ2n) is 2.14. The number of hydrogen-bond donors (Lipinski definition) is 1. The van der Waals surface area contributed by atoms with Gasteiger partial charge >= 0.3 is 0 Å². The van der Waals surface area contributed by atoms with Gasteiger partial charge in [-0.15, -0.1) is 0 Å². The highest BCUT2D eigenvalue weighted by molar-refractivity contribution is 5.22. The summed E-state index contributed by atoms with van der Waals surface area (Å²) in [5, 5.41) is 8.73. The molecule has 0 bridgehead atoms. The lowest BCUT2D eigenvalue weighted by atomic mass is 10.2. The number of aliphatic hydroxyl groups excluding tert-OH is 1. The van der Waals surface area contributed by atoms with Crippen molar-refractivity contribution in [3.8, 4) is 11.8 Å². The highest BCUT2D eigenvalue weighted by atomic mass is 16.3. The summed E-state index contributed by atoms with van der Waals surface area (Å²) in [4.78, 5) is 0. The van der Waals surface area contributed by atoms with Crippen LogP contribution in [0.4, 0.5) is 0 Å². The molecule has 0 spiro atoms. The first-order valence-electron chi connectivity index (χ1n) is 2.95. The quantitative estimate of drug-likeness (QED) is 0.523. The lowest BCUT2D eigenvalue weighted by Gasteiger charge is -1.91. The lowest BCUT2D eigenvalue weighted by molar-refractivity contribution is 0.201. The fourth-order valence-electron chi connectivity index (χ4n) is 0.350. The Morgan fingerprint density at radius 3 is 2.67 bits per heavy atom. The normalized spacial score (nSPS) is 11.4. The molecule has 0 unspecified atom stereocenters. The van der Waals surface area contributed by atoms with E-state index in [2.05, 4.69) is 18.4 Å². The van der Waals surface area contributed by atoms with Gasteiger partial charge in [-0.2, -0.15) is 0 Å². The summed E-state index contributed by atoms with van der Waals surface area (Å²) < 4.78 is 0. The summed E-state index contributed by atoms with van der Waals surface area (Å²) in [6.45, 7) is 7.15. The van der Waals surface area contributed by atoms with Gasteiger partial charge < -0.3 is 5.11 Å². The SMILES string of the molecule is C=C(C)C#CC[C@H](C)O. The van der Waals surface area contributed by atoms with Crippen LogP contribution in [0.1, 0.15) is 20.3 Å². The van der Waals surface area contributed by atoms with Crippen molar-refractivity contribution in [1.82, 2.24) is 0 Å². The molecule has 1 heteroatoms. The average Bonchev–Trinajstić information content (AvgIpc) is 1.63. The molecule has 0 saturated heterocycles. The van der Waals surface area contributed by atoms with Crippen LogP contribution in [0, 0.1) is 11.8 Å². The van der Waals surface area contributed by atoms with E-state index in [-0.39, 0.29) is 6.10 Å². The monoisotopic (exact) mass is 124 g/mol. The molecule has 0 aliphatic rings. The predicted octanol–water partition coefficient (Wildman–Crippen LogP) is 1.34. The Morgan fingerprint density at radius 1 is 1.78 bits per heavy atom. The second kappa shape index (κ2) is 4.17. The minimum Gasteiger partial charge on any atom is -0.392 e. The third-order valence-corrected chi connectivity index (χ3v) is 0.699. The van der Waals surface area contributed by atoms with Crippen molar-refractivity contribution in [2.45, 2.75) is 26.4 Å². The van der Waals surface area contributed by atoms with Gasteiger partial charge in [-0.3, -0.25) is 0 Å². The lowest BCUT2D eigenvalue weighted by Crippen LogP contribution is -1.95. The van der Waals surface area contributed by atoms with Gasteiger partial charge in [0.25, 0.3) is 0 Å². The van der Waals surface area contributed by atoms with Gasteiger partial charge in [0, 0.05) is 6.42 Å². The molecule has 0 aliphatic heterocycles. The van der Waals surface area contributed by atoms with E-state index in [1.165, 1.54) is 0 Å². The maximum Gasteiger partial charge on any atom is 0.0621 e. The van der Waals surface area contributed by atoms with Crippen LogP contribution in [0.15, 0.2) is 12.2 Å². The zero-order valence-electron chi connectivity index (χ0n) is 5.94. The topological polar surface area (TPSA) is 20.2 Å². The molecule has 1 nitrogen and oxygen atoms in total. The Morgan fingerprint density at radius 2 is 2.33 bits per heavy atom. The van der Waals surface area contributed by atoms with E-state index in [9.17, 15) is 0 Å². The summed E-state index contributed by atoms with van der Waals surface area (Å²) in [6, 6.07) is 0. The molecule has 1 atom stereocenters. The van der Waals surface area contributed by atoms with E-state index < -0.39 is 0 Å². The molecule has 0 amide bonds. The molecule has 0 rings (SSSR count). The molecular formula is C8H12O. The number of hydrogen-bond acceptors (Lipinski definition) is 1. The van der Waals surface area contributed by atoms with E-state index in [1.807, 2.05) is 6.92 Å². The van der Waals surface area contributed by atoms with E-state index in [0.717, 1.165) is 5.57 Å². The van der Waals surface area contributed by atoms with Gasteiger partial charge in [-0.05, 0) is 19.4 Å². The predicted molar refractivity (Wildman–Crippen MR) is 38.9 cm³/mol. The van der Waals surface area contributed by atoms with E-state index in [0.29, 0.717) is 6.42 Å². The Balaban J connectivity index is 3.50. The minimum atomic E-state index is -0.322. The van der Waals surface area contributed by atoms with Gasteiger partial charge in [0.1, 0.15) is 0 Å². The summed E-state index contributed by atoms with van der Waals surface area (Å²) in [5.41, 5.74) is 0.843. The van der Waals surface area contributed by atoms with Gasteiger partial charge in [-0.25, -0.2) is 0 Å². The summed E-state index contributed by atoms with van der Waals surface area (Å²) in [7, 11) is 0. The largest absolute Gasteiger partial charge is 0.392 e. The third kappa shape index (κ3) is 7.26. The van der Waals surface area contributed by atoms with E-state index in [4.69, 9.17) is 5.11 Å². The summed E-state index contributed by atoms with van der Waals surface area (Å²) >= 11 is 0. The zero-order chi connectivity index (χ0) is 7.28. The molecule has 50 valence electrons. The number of rotatable bonds is 1. The first-order valence-corrected chi connectivity index (χ1v) is 2.95. The second-order valence-corrected chi connectivity index (χ2v) is 2.14. The van der Waals surface area contributed by atoms with Gasteiger partial charge in [0.05, 0.1) is 6.10 Å². The molecular weight excluding hydrogens is 112 g/mol. The van der Waals surface area contributed by atoms with Crippen molar-refractivity contribution in [2.24, 2.45) is 0 Å². The van der Waals surface area contributed by atoms with Crippen LogP contribution in [-0.4, -0.2) is 11.2 Å². The molecule has 0 aromatic carbocycles. The fraction of sp³-hybridized carbons (Fsp3) is 0.500. The summed E-state index contributed by atoms with van der Waals surface area (Å²) in [5.74, 6) is 5.56. The molecule has 0 saturated carbocycles. The van der Waals surface area contributed by atoms with E-state index in [1.54, 1.807) is 6.92 Å². The number of aliphatic hydroxyl groups is 1. The Hall–Kier alpha value is -0.740. The Labute approximate surface area is 56.4 Å². The smallest absolute Gasteiger partial charge is 0.0621 e. The molecule has 0 fully saturated rings. The fourth-order valence-corrected chi connectivity index (χ4v) is 0.350. The van der Waals surface area contributed by atoms with Crippen LogP contribution in [0.3, 0.4) is 0 Å². The van der Waals surface area contributed by atoms with Gasteiger partial charge in [-0.1, -0.05) is 18.4 Å². The van der Waals surface area contributed by atoms with E-state index >= 15 is 0 Å². The molecule has 0 aromatic rings.